The summed E-state index contributed by atoms with van der Waals surface area (Å²) in [5, 5.41) is 4.72. The van der Waals surface area contributed by atoms with E-state index in [4.69, 9.17) is 9.97 Å². The largest absolute Gasteiger partial charge is 0.294 e. The van der Waals surface area contributed by atoms with Crippen molar-refractivity contribution in [3.05, 3.63) is 152 Å². The van der Waals surface area contributed by atoms with E-state index >= 15 is 0 Å². The molecule has 0 aliphatic rings. The van der Waals surface area contributed by atoms with Crippen LogP contribution in [0.25, 0.3) is 83.2 Å². The third-order valence-corrected chi connectivity index (χ3v) is 9.03. The highest BCUT2D eigenvalue weighted by Crippen LogP contribution is 2.38. The molecular weight excluding hydrogens is 550 g/mol. The van der Waals surface area contributed by atoms with Crippen LogP contribution in [0.3, 0.4) is 0 Å². The van der Waals surface area contributed by atoms with Crippen molar-refractivity contribution in [2.75, 3.05) is 0 Å². The van der Waals surface area contributed by atoms with Crippen LogP contribution in [0.4, 0.5) is 0 Å². The first kappa shape index (κ1) is 24.3. The SMILES string of the molecule is c1ccc(-n2c(-c3ccc(-n4c5ccccc5c5nc6c7ccccc7c7ccccc7n6c54)cc3)nc3ccccc32)cc1. The van der Waals surface area contributed by atoms with Crippen molar-refractivity contribution in [3.63, 3.8) is 0 Å². The first-order valence-electron chi connectivity index (χ1n) is 15.2. The molecule has 0 amide bonds. The molecule has 10 aromatic rings. The lowest BCUT2D eigenvalue weighted by Gasteiger charge is -2.13. The van der Waals surface area contributed by atoms with E-state index in [2.05, 4.69) is 153 Å². The number of hydrogen-bond donors (Lipinski definition) is 0. The van der Waals surface area contributed by atoms with Gasteiger partial charge in [0.2, 0.25) is 0 Å². The van der Waals surface area contributed by atoms with Crippen molar-refractivity contribution in [1.82, 2.24) is 23.5 Å². The van der Waals surface area contributed by atoms with Gasteiger partial charge in [-0.2, -0.15) is 0 Å². The molecule has 0 bridgehead atoms. The first-order chi connectivity index (χ1) is 22.3. The maximum atomic E-state index is 5.33. The number of hydrogen-bond acceptors (Lipinski definition) is 2. The summed E-state index contributed by atoms with van der Waals surface area (Å²) in [6, 6.07) is 53.4. The minimum atomic E-state index is 0.920. The number of fused-ring (bicyclic) bond motifs is 11. The summed E-state index contributed by atoms with van der Waals surface area (Å²) in [6.07, 6.45) is 0. The van der Waals surface area contributed by atoms with Gasteiger partial charge < -0.3 is 0 Å². The van der Waals surface area contributed by atoms with E-state index in [1.54, 1.807) is 0 Å². The van der Waals surface area contributed by atoms with Crippen LogP contribution >= 0.6 is 0 Å². The molecule has 4 heterocycles. The molecule has 0 unspecified atom stereocenters. The average molecular weight is 576 g/mol. The van der Waals surface area contributed by atoms with Crippen molar-refractivity contribution >= 4 is 60.4 Å². The molecule has 4 aromatic heterocycles. The molecule has 0 radical (unpaired) electrons. The molecule has 45 heavy (non-hydrogen) atoms. The summed E-state index contributed by atoms with van der Waals surface area (Å²) in [7, 11) is 0. The second-order valence-electron chi connectivity index (χ2n) is 11.5. The van der Waals surface area contributed by atoms with Crippen LogP contribution in [0, 0.1) is 0 Å². The van der Waals surface area contributed by atoms with Crippen molar-refractivity contribution in [1.29, 1.82) is 0 Å². The quantitative estimate of drug-likeness (QED) is 0.197. The Morgan fingerprint density at radius 3 is 1.80 bits per heavy atom. The van der Waals surface area contributed by atoms with E-state index < -0.39 is 0 Å². The van der Waals surface area contributed by atoms with Crippen molar-refractivity contribution in [2.24, 2.45) is 0 Å². The van der Waals surface area contributed by atoms with Crippen LogP contribution in [-0.2, 0) is 0 Å². The molecule has 5 heteroatoms. The van der Waals surface area contributed by atoms with Gasteiger partial charge in [-0.15, -0.1) is 0 Å². The summed E-state index contributed by atoms with van der Waals surface area (Å²) in [4.78, 5) is 10.4. The van der Waals surface area contributed by atoms with E-state index in [1.807, 2.05) is 12.1 Å². The van der Waals surface area contributed by atoms with E-state index in [0.717, 1.165) is 72.4 Å². The van der Waals surface area contributed by atoms with Crippen molar-refractivity contribution < 1.29 is 0 Å². The van der Waals surface area contributed by atoms with Gasteiger partial charge in [-0.25, -0.2) is 9.97 Å². The maximum absolute atomic E-state index is 5.33. The van der Waals surface area contributed by atoms with Gasteiger partial charge in [0.1, 0.15) is 17.0 Å². The Bertz CT molecular complexity index is 2750. The minimum Gasteiger partial charge on any atom is -0.294 e. The van der Waals surface area contributed by atoms with Crippen LogP contribution in [0.1, 0.15) is 0 Å². The predicted molar refractivity (Wildman–Crippen MR) is 185 cm³/mol. The molecule has 10 rings (SSSR count). The van der Waals surface area contributed by atoms with Gasteiger partial charge in [0.15, 0.2) is 5.65 Å². The Hall–Kier alpha value is -6.20. The van der Waals surface area contributed by atoms with Crippen LogP contribution in [0.2, 0.25) is 0 Å². The Kier molecular flexibility index (Phi) is 4.93. The lowest BCUT2D eigenvalue weighted by molar-refractivity contribution is 1.10. The van der Waals surface area contributed by atoms with Crippen molar-refractivity contribution in [2.45, 2.75) is 0 Å². The molecule has 5 nitrogen and oxygen atoms in total. The lowest BCUT2D eigenvalue weighted by Crippen LogP contribution is -2.00. The third-order valence-electron chi connectivity index (χ3n) is 9.03. The lowest BCUT2D eigenvalue weighted by atomic mass is 10.1. The smallest absolute Gasteiger partial charge is 0.151 e. The molecule has 0 saturated carbocycles. The topological polar surface area (TPSA) is 40.0 Å². The summed E-state index contributed by atoms with van der Waals surface area (Å²) < 4.78 is 6.95. The molecule has 6 aromatic carbocycles. The van der Waals surface area contributed by atoms with Crippen molar-refractivity contribution in [3.8, 4) is 22.8 Å². The average Bonchev–Trinajstić information content (AvgIpc) is 3.78. The van der Waals surface area contributed by atoms with Crippen LogP contribution in [0.15, 0.2) is 152 Å². The Morgan fingerprint density at radius 2 is 1.00 bits per heavy atom. The van der Waals surface area contributed by atoms with Gasteiger partial charge in [0, 0.05) is 33.1 Å². The number of rotatable bonds is 3. The number of aromatic nitrogens is 5. The zero-order chi connectivity index (χ0) is 29.5. The van der Waals surface area contributed by atoms with Crippen LogP contribution in [-0.4, -0.2) is 23.5 Å². The van der Waals surface area contributed by atoms with Crippen LogP contribution in [0.5, 0.6) is 0 Å². The number of pyridine rings is 1. The molecule has 0 saturated heterocycles. The molecular formula is C40H25N5. The van der Waals surface area contributed by atoms with E-state index in [1.165, 1.54) is 10.8 Å². The first-order valence-corrected chi connectivity index (χ1v) is 15.2. The third kappa shape index (κ3) is 3.38. The van der Waals surface area contributed by atoms with Gasteiger partial charge in [0.05, 0.1) is 22.1 Å². The second kappa shape index (κ2) is 9.15. The summed E-state index contributed by atoms with van der Waals surface area (Å²) >= 11 is 0. The number of imidazole rings is 2. The minimum absolute atomic E-state index is 0.920. The summed E-state index contributed by atoms with van der Waals surface area (Å²) in [5.74, 6) is 0.920. The molecule has 0 N–H and O–H groups in total. The number of para-hydroxylation sites is 5. The number of benzene rings is 6. The van der Waals surface area contributed by atoms with Gasteiger partial charge in [0.25, 0.3) is 0 Å². The second-order valence-corrected chi connectivity index (χ2v) is 11.5. The fraction of sp³-hybridized carbons (Fsp3) is 0. The van der Waals surface area contributed by atoms with Gasteiger partial charge in [-0.1, -0.05) is 91.0 Å². The molecule has 0 atom stereocenters. The zero-order valence-electron chi connectivity index (χ0n) is 24.2. The zero-order valence-corrected chi connectivity index (χ0v) is 24.2. The van der Waals surface area contributed by atoms with E-state index in [0.29, 0.717) is 0 Å². The molecule has 210 valence electrons. The predicted octanol–water partition coefficient (Wildman–Crippen LogP) is 9.74. The molecule has 0 fully saturated rings. The van der Waals surface area contributed by atoms with Crippen LogP contribution < -0.4 is 0 Å². The highest BCUT2D eigenvalue weighted by molar-refractivity contribution is 6.16. The Morgan fingerprint density at radius 1 is 0.400 bits per heavy atom. The standard InChI is InChI=1S/C40H25N5/c1-2-12-27(13-3-1)43-36-21-11-8-18-33(36)41-38(43)26-22-24-28(25-23-26)44-35-20-10-7-17-32(35)37-40(44)45-34-19-9-6-15-30(34)29-14-4-5-16-31(29)39(45)42-37/h1-25H. The Balaban J connectivity index is 1.25. The van der Waals surface area contributed by atoms with Gasteiger partial charge in [-0.05, 0) is 66.0 Å². The summed E-state index contributed by atoms with van der Waals surface area (Å²) in [5.41, 5.74) is 10.6. The normalized spacial score (nSPS) is 12.0. The molecule has 0 spiro atoms. The number of nitrogens with zero attached hydrogens (tertiary/aromatic N) is 5. The van der Waals surface area contributed by atoms with E-state index in [-0.39, 0.29) is 0 Å². The highest BCUT2D eigenvalue weighted by atomic mass is 15.2. The Labute approximate surface area is 257 Å². The van der Waals surface area contributed by atoms with E-state index in [9.17, 15) is 0 Å². The monoisotopic (exact) mass is 575 g/mol. The fourth-order valence-electron chi connectivity index (χ4n) is 7.08. The maximum Gasteiger partial charge on any atom is 0.151 e. The molecule has 0 aliphatic heterocycles. The highest BCUT2D eigenvalue weighted by Gasteiger charge is 2.22. The summed E-state index contributed by atoms with van der Waals surface area (Å²) in [6.45, 7) is 0. The fourth-order valence-corrected chi connectivity index (χ4v) is 7.08. The van der Waals surface area contributed by atoms with Gasteiger partial charge in [-0.3, -0.25) is 13.5 Å². The van der Waals surface area contributed by atoms with Gasteiger partial charge >= 0.3 is 0 Å². The molecule has 0 aliphatic carbocycles.